The Labute approximate surface area is 253 Å². The van der Waals surface area contributed by atoms with Crippen molar-refractivity contribution < 1.29 is 18.0 Å². The van der Waals surface area contributed by atoms with Crippen LogP contribution in [0.5, 0.6) is 0 Å². The van der Waals surface area contributed by atoms with Gasteiger partial charge in [-0.25, -0.2) is 8.42 Å². The molecule has 0 aliphatic carbocycles. The van der Waals surface area contributed by atoms with Gasteiger partial charge in [0.1, 0.15) is 12.6 Å². The molecule has 0 saturated heterocycles. The topological polar surface area (TPSA) is 86.8 Å². The Hall–Kier alpha value is -3.07. The first kappa shape index (κ1) is 32.4. The summed E-state index contributed by atoms with van der Waals surface area (Å²) in [6.45, 7) is 9.61. The fourth-order valence-electron chi connectivity index (χ4n) is 4.14. The molecule has 2 amide bonds. The average Bonchev–Trinajstić information content (AvgIpc) is 2.95. The molecule has 0 fully saturated rings. The van der Waals surface area contributed by atoms with Crippen LogP contribution in [0.15, 0.2) is 77.7 Å². The van der Waals surface area contributed by atoms with Crippen LogP contribution in [0.1, 0.15) is 51.7 Å². The molecule has 41 heavy (non-hydrogen) atoms. The number of amides is 2. The molecular formula is C31H37Cl2N3O4S. The van der Waals surface area contributed by atoms with Crippen molar-refractivity contribution in [2.24, 2.45) is 5.92 Å². The number of hydrogen-bond acceptors (Lipinski definition) is 4. The van der Waals surface area contributed by atoms with Gasteiger partial charge >= 0.3 is 0 Å². The molecule has 1 atom stereocenters. The lowest BCUT2D eigenvalue weighted by molar-refractivity contribution is -0.139. The van der Waals surface area contributed by atoms with Gasteiger partial charge in [0.2, 0.25) is 11.8 Å². The zero-order valence-electron chi connectivity index (χ0n) is 24.0. The van der Waals surface area contributed by atoms with Crippen molar-refractivity contribution in [3.63, 3.8) is 0 Å². The summed E-state index contributed by atoms with van der Waals surface area (Å²) in [5.41, 5.74) is 2.03. The molecule has 0 unspecified atom stereocenters. The van der Waals surface area contributed by atoms with Crippen molar-refractivity contribution in [1.82, 2.24) is 10.2 Å². The minimum Gasteiger partial charge on any atom is -0.354 e. The second kappa shape index (κ2) is 14.2. The van der Waals surface area contributed by atoms with E-state index >= 15 is 0 Å². The quantitative estimate of drug-likeness (QED) is 0.251. The van der Waals surface area contributed by atoms with Gasteiger partial charge in [-0.15, -0.1) is 0 Å². The van der Waals surface area contributed by atoms with Crippen LogP contribution in [0.4, 0.5) is 5.69 Å². The molecule has 0 heterocycles. The van der Waals surface area contributed by atoms with Gasteiger partial charge in [0.05, 0.1) is 20.6 Å². The lowest BCUT2D eigenvalue weighted by atomic mass is 10.0. The fourth-order valence-corrected chi connectivity index (χ4v) is 5.90. The molecular weight excluding hydrogens is 581 g/mol. The maximum absolute atomic E-state index is 14.0. The molecule has 3 aromatic rings. The number of carbonyl (C=O) groups is 2. The third-order valence-electron chi connectivity index (χ3n) is 6.65. The van der Waals surface area contributed by atoms with Gasteiger partial charge in [-0.05, 0) is 66.3 Å². The molecule has 0 aliphatic rings. The predicted molar refractivity (Wildman–Crippen MR) is 166 cm³/mol. The number of rotatable bonds is 12. The number of sulfonamides is 1. The van der Waals surface area contributed by atoms with E-state index in [4.69, 9.17) is 23.2 Å². The molecule has 1 N–H and O–H groups in total. The number of carbonyl (C=O) groups excluding carboxylic acids is 2. The van der Waals surface area contributed by atoms with Crippen LogP contribution in [0.25, 0.3) is 0 Å². The number of halogens is 2. The van der Waals surface area contributed by atoms with E-state index in [1.54, 1.807) is 55.5 Å². The number of nitrogens with one attached hydrogen (secondary N) is 1. The summed E-state index contributed by atoms with van der Waals surface area (Å²) in [6.07, 6.45) is 0. The Bertz CT molecular complexity index is 1450. The van der Waals surface area contributed by atoms with Crippen LogP contribution in [0.3, 0.4) is 0 Å². The first-order chi connectivity index (χ1) is 19.3. The van der Waals surface area contributed by atoms with Crippen molar-refractivity contribution in [3.05, 3.63) is 94.0 Å². The molecule has 0 bridgehead atoms. The van der Waals surface area contributed by atoms with Crippen LogP contribution in [0, 0.1) is 5.92 Å². The summed E-state index contributed by atoms with van der Waals surface area (Å²) in [5.74, 6) is -0.427. The predicted octanol–water partition coefficient (Wildman–Crippen LogP) is 6.50. The van der Waals surface area contributed by atoms with Crippen LogP contribution in [-0.2, 0) is 26.2 Å². The Morgan fingerprint density at radius 3 is 2.05 bits per heavy atom. The standard InChI is InChI=1S/C31H37Cl2N3O4S/c1-21(2)18-34-31(38)23(5)35(19-24-11-16-28(32)29(33)17-24)30(37)20-36(26-14-12-25(13-15-26)22(3)4)41(39,40)27-9-7-6-8-10-27/h6-17,21-23H,18-20H2,1-5H3,(H,34,38)/t23-/m0/s1. The monoisotopic (exact) mass is 617 g/mol. The van der Waals surface area contributed by atoms with Crippen molar-refractivity contribution >= 4 is 50.7 Å². The third kappa shape index (κ3) is 8.47. The molecule has 10 heteroatoms. The van der Waals surface area contributed by atoms with E-state index in [0.717, 1.165) is 9.87 Å². The Kier molecular flexibility index (Phi) is 11.2. The van der Waals surface area contributed by atoms with Crippen LogP contribution in [0.2, 0.25) is 10.0 Å². The molecule has 3 aromatic carbocycles. The average molecular weight is 619 g/mol. The Morgan fingerprint density at radius 2 is 1.49 bits per heavy atom. The minimum absolute atomic E-state index is 0.0253. The van der Waals surface area contributed by atoms with E-state index in [0.29, 0.717) is 27.8 Å². The fraction of sp³-hybridized carbons (Fsp3) is 0.355. The maximum atomic E-state index is 14.0. The van der Waals surface area contributed by atoms with Gasteiger partial charge in [0, 0.05) is 13.1 Å². The summed E-state index contributed by atoms with van der Waals surface area (Å²) < 4.78 is 28.8. The van der Waals surface area contributed by atoms with Crippen LogP contribution < -0.4 is 9.62 Å². The molecule has 220 valence electrons. The Morgan fingerprint density at radius 1 is 0.854 bits per heavy atom. The zero-order valence-corrected chi connectivity index (χ0v) is 26.3. The van der Waals surface area contributed by atoms with Gasteiger partial charge in [-0.1, -0.05) is 87.3 Å². The molecule has 7 nitrogen and oxygen atoms in total. The molecule has 0 aromatic heterocycles. The first-order valence-corrected chi connectivity index (χ1v) is 15.7. The van der Waals surface area contributed by atoms with Crippen molar-refractivity contribution in [2.45, 2.75) is 58.0 Å². The van der Waals surface area contributed by atoms with Crippen LogP contribution in [-0.4, -0.2) is 44.3 Å². The summed E-state index contributed by atoms with van der Waals surface area (Å²) in [4.78, 5) is 28.5. The summed E-state index contributed by atoms with van der Waals surface area (Å²) >= 11 is 12.3. The first-order valence-electron chi connectivity index (χ1n) is 13.5. The molecule has 0 radical (unpaired) electrons. The molecule has 0 saturated carbocycles. The van der Waals surface area contributed by atoms with E-state index in [1.807, 2.05) is 39.8 Å². The van der Waals surface area contributed by atoms with Gasteiger partial charge in [-0.2, -0.15) is 0 Å². The van der Waals surface area contributed by atoms with E-state index in [-0.39, 0.29) is 29.2 Å². The van der Waals surface area contributed by atoms with E-state index in [1.165, 1.54) is 17.0 Å². The second-order valence-corrected chi connectivity index (χ2v) is 13.3. The highest BCUT2D eigenvalue weighted by Gasteiger charge is 2.32. The largest absolute Gasteiger partial charge is 0.354 e. The van der Waals surface area contributed by atoms with Crippen molar-refractivity contribution in [2.75, 3.05) is 17.4 Å². The molecule has 0 spiro atoms. The smallest absolute Gasteiger partial charge is 0.264 e. The lowest BCUT2D eigenvalue weighted by Gasteiger charge is -2.32. The second-order valence-electron chi connectivity index (χ2n) is 10.7. The number of nitrogens with zero attached hydrogens (tertiary/aromatic N) is 2. The van der Waals surface area contributed by atoms with Gasteiger partial charge in [-0.3, -0.25) is 13.9 Å². The Balaban J connectivity index is 2.03. The van der Waals surface area contributed by atoms with Crippen molar-refractivity contribution in [1.29, 1.82) is 0 Å². The van der Waals surface area contributed by atoms with Gasteiger partial charge < -0.3 is 10.2 Å². The third-order valence-corrected chi connectivity index (χ3v) is 9.17. The number of hydrogen-bond donors (Lipinski definition) is 1. The summed E-state index contributed by atoms with van der Waals surface area (Å²) in [5, 5.41) is 3.54. The number of benzene rings is 3. The van der Waals surface area contributed by atoms with Gasteiger partial charge in [0.15, 0.2) is 0 Å². The zero-order chi connectivity index (χ0) is 30.3. The summed E-state index contributed by atoms with van der Waals surface area (Å²) in [7, 11) is -4.12. The van der Waals surface area contributed by atoms with Gasteiger partial charge in [0.25, 0.3) is 10.0 Å². The van der Waals surface area contributed by atoms with E-state index in [2.05, 4.69) is 5.32 Å². The van der Waals surface area contributed by atoms with Crippen LogP contribution >= 0.6 is 23.2 Å². The van der Waals surface area contributed by atoms with E-state index in [9.17, 15) is 18.0 Å². The highest BCUT2D eigenvalue weighted by Crippen LogP contribution is 2.27. The lowest BCUT2D eigenvalue weighted by Crippen LogP contribution is -2.51. The normalized spacial score (nSPS) is 12.3. The van der Waals surface area contributed by atoms with E-state index < -0.39 is 28.5 Å². The molecule has 0 aliphatic heterocycles. The SMILES string of the molecule is CC(C)CNC(=O)[C@H](C)N(Cc1ccc(Cl)c(Cl)c1)C(=O)CN(c1ccc(C(C)C)cc1)S(=O)(=O)c1ccccc1. The minimum atomic E-state index is -4.12. The summed E-state index contributed by atoms with van der Waals surface area (Å²) in [6, 6.07) is 19.2. The number of anilines is 1. The molecule has 3 rings (SSSR count). The highest BCUT2D eigenvalue weighted by molar-refractivity contribution is 7.92. The van der Waals surface area contributed by atoms with Crippen molar-refractivity contribution in [3.8, 4) is 0 Å². The maximum Gasteiger partial charge on any atom is 0.264 e. The highest BCUT2D eigenvalue weighted by atomic mass is 35.5.